The van der Waals surface area contributed by atoms with Crippen LogP contribution in [0, 0.1) is 18.3 Å². The number of benzene rings is 1. The molecule has 1 unspecified atom stereocenters. The van der Waals surface area contributed by atoms with Crippen molar-refractivity contribution in [3.8, 4) is 11.8 Å². The van der Waals surface area contributed by atoms with E-state index in [1.54, 1.807) is 18.2 Å². The van der Waals surface area contributed by atoms with Gasteiger partial charge in [0.1, 0.15) is 18.5 Å². The molecule has 1 atom stereocenters. The molecule has 1 saturated carbocycles. The van der Waals surface area contributed by atoms with Crippen molar-refractivity contribution in [3.63, 3.8) is 0 Å². The first-order chi connectivity index (χ1) is 10.5. The molecule has 1 fully saturated rings. The lowest BCUT2D eigenvalue weighted by Crippen LogP contribution is -2.48. The highest BCUT2D eigenvalue weighted by molar-refractivity contribution is 5.85. The summed E-state index contributed by atoms with van der Waals surface area (Å²) in [5, 5.41) is 22.5. The predicted octanol–water partition coefficient (Wildman–Crippen LogP) is 3.34. The van der Waals surface area contributed by atoms with Gasteiger partial charge >= 0.3 is 0 Å². The van der Waals surface area contributed by atoms with E-state index < -0.39 is 6.10 Å². The van der Waals surface area contributed by atoms with Gasteiger partial charge in [0.2, 0.25) is 0 Å². The van der Waals surface area contributed by atoms with Gasteiger partial charge in [0.25, 0.3) is 0 Å². The van der Waals surface area contributed by atoms with E-state index in [9.17, 15) is 5.11 Å². The first-order valence-corrected chi connectivity index (χ1v) is 8.09. The summed E-state index contributed by atoms with van der Waals surface area (Å²) in [6, 6.07) is 7.42. The second-order valence-corrected chi connectivity index (χ2v) is 6.56. The number of aliphatic hydroxyl groups is 1. The molecule has 128 valence electrons. The second-order valence-electron chi connectivity index (χ2n) is 6.56. The first kappa shape index (κ1) is 19.8. The zero-order valence-electron chi connectivity index (χ0n) is 14.0. The van der Waals surface area contributed by atoms with Gasteiger partial charge in [0, 0.05) is 12.1 Å². The molecule has 1 aromatic rings. The van der Waals surface area contributed by atoms with Crippen molar-refractivity contribution < 1.29 is 9.84 Å². The zero-order valence-corrected chi connectivity index (χ0v) is 14.8. The van der Waals surface area contributed by atoms with E-state index in [0.29, 0.717) is 12.1 Å². The van der Waals surface area contributed by atoms with E-state index in [1.807, 2.05) is 6.92 Å². The molecule has 2 N–H and O–H groups in total. The summed E-state index contributed by atoms with van der Waals surface area (Å²) in [6.07, 6.45) is 5.67. The summed E-state index contributed by atoms with van der Waals surface area (Å²) in [5.74, 6) is 0.724. The lowest BCUT2D eigenvalue weighted by Gasteiger charge is -2.35. The third-order valence-corrected chi connectivity index (χ3v) is 4.46. The fourth-order valence-electron chi connectivity index (χ4n) is 3.00. The Balaban J connectivity index is 0.00000264. The molecule has 4 nitrogen and oxygen atoms in total. The Labute approximate surface area is 145 Å². The number of aliphatic hydroxyl groups excluding tert-OH is 1. The maximum Gasteiger partial charge on any atom is 0.122 e. The van der Waals surface area contributed by atoms with Gasteiger partial charge in [-0.05, 0) is 50.5 Å². The lowest BCUT2D eigenvalue weighted by molar-refractivity contribution is 0.0927. The molecular weight excluding hydrogens is 312 g/mol. The number of hydrogen-bond acceptors (Lipinski definition) is 4. The van der Waals surface area contributed by atoms with Crippen molar-refractivity contribution in [1.82, 2.24) is 5.32 Å². The Kier molecular flexibility index (Phi) is 7.84. The monoisotopic (exact) mass is 338 g/mol. The standard InChI is InChI=1S/C18H26N2O2.ClH/c1-14-10-15(11-19)6-7-17(14)22-13-16(21)12-20-18(2)8-4-3-5-9-18;/h6-7,10,16,20-21H,3-5,8-9,12-13H2,1-2H3;1H. The first-order valence-electron chi connectivity index (χ1n) is 8.09. The van der Waals surface area contributed by atoms with Gasteiger partial charge in [0.15, 0.2) is 0 Å². The van der Waals surface area contributed by atoms with Crippen LogP contribution in [0.4, 0.5) is 0 Å². The van der Waals surface area contributed by atoms with Crippen molar-refractivity contribution in [2.75, 3.05) is 13.2 Å². The summed E-state index contributed by atoms with van der Waals surface area (Å²) < 4.78 is 5.67. The number of rotatable bonds is 6. The molecule has 0 spiro atoms. The molecule has 1 aromatic carbocycles. The van der Waals surface area contributed by atoms with Crippen molar-refractivity contribution in [3.05, 3.63) is 29.3 Å². The SMILES string of the molecule is Cc1cc(C#N)ccc1OCC(O)CNC1(C)CCCCC1.Cl. The van der Waals surface area contributed by atoms with Crippen molar-refractivity contribution in [2.24, 2.45) is 0 Å². The normalized spacial score (nSPS) is 17.7. The van der Waals surface area contributed by atoms with Gasteiger partial charge in [-0.1, -0.05) is 19.3 Å². The maximum atomic E-state index is 10.1. The van der Waals surface area contributed by atoms with Gasteiger partial charge in [-0.15, -0.1) is 12.4 Å². The fourth-order valence-corrected chi connectivity index (χ4v) is 3.00. The van der Waals surface area contributed by atoms with Crippen LogP contribution < -0.4 is 10.1 Å². The molecule has 1 aliphatic carbocycles. The number of β-amino-alcohol motifs (C(OH)–C–C–N with tert-alkyl or cyclic N) is 1. The highest BCUT2D eigenvalue weighted by Gasteiger charge is 2.26. The molecule has 0 amide bonds. The number of nitriles is 1. The van der Waals surface area contributed by atoms with E-state index in [2.05, 4.69) is 18.3 Å². The lowest BCUT2D eigenvalue weighted by atomic mass is 9.83. The number of nitrogens with one attached hydrogen (secondary N) is 1. The van der Waals surface area contributed by atoms with Gasteiger partial charge < -0.3 is 15.2 Å². The van der Waals surface area contributed by atoms with Crippen molar-refractivity contribution in [1.29, 1.82) is 5.26 Å². The van der Waals surface area contributed by atoms with Crippen LogP contribution in [0.15, 0.2) is 18.2 Å². The molecule has 2 rings (SSSR count). The maximum absolute atomic E-state index is 10.1. The summed E-state index contributed by atoms with van der Waals surface area (Å²) >= 11 is 0. The molecule has 0 heterocycles. The van der Waals surface area contributed by atoms with Crippen LogP contribution in [0.1, 0.15) is 50.2 Å². The van der Waals surface area contributed by atoms with Crippen LogP contribution in [0.2, 0.25) is 0 Å². The molecule has 1 aliphatic rings. The van der Waals surface area contributed by atoms with Gasteiger partial charge in [-0.25, -0.2) is 0 Å². The Morgan fingerprint density at radius 3 is 2.65 bits per heavy atom. The predicted molar refractivity (Wildman–Crippen MR) is 94.1 cm³/mol. The Morgan fingerprint density at radius 1 is 1.35 bits per heavy atom. The average Bonchev–Trinajstić information content (AvgIpc) is 2.52. The van der Waals surface area contributed by atoms with Crippen LogP contribution in [0.3, 0.4) is 0 Å². The quantitative estimate of drug-likeness (QED) is 0.835. The smallest absolute Gasteiger partial charge is 0.122 e. The Hall–Kier alpha value is -1.28. The second kappa shape index (κ2) is 9.12. The largest absolute Gasteiger partial charge is 0.491 e. The van der Waals surface area contributed by atoms with Crippen molar-refractivity contribution >= 4 is 12.4 Å². The molecule has 0 aromatic heterocycles. The Bertz CT molecular complexity index is 536. The molecule has 0 radical (unpaired) electrons. The fraction of sp³-hybridized carbons (Fsp3) is 0.611. The average molecular weight is 339 g/mol. The number of halogens is 1. The minimum atomic E-state index is -0.534. The minimum Gasteiger partial charge on any atom is -0.491 e. The highest BCUT2D eigenvalue weighted by Crippen LogP contribution is 2.27. The molecule has 0 aliphatic heterocycles. The molecular formula is C18H27ClN2O2. The van der Waals surface area contributed by atoms with Crippen LogP contribution in [0.25, 0.3) is 0 Å². The van der Waals surface area contributed by atoms with Crippen LogP contribution in [-0.2, 0) is 0 Å². The van der Waals surface area contributed by atoms with E-state index in [-0.39, 0.29) is 24.6 Å². The molecule has 0 bridgehead atoms. The van der Waals surface area contributed by atoms with Gasteiger partial charge in [-0.3, -0.25) is 0 Å². The topological polar surface area (TPSA) is 65.3 Å². The summed E-state index contributed by atoms with van der Waals surface area (Å²) in [7, 11) is 0. The summed E-state index contributed by atoms with van der Waals surface area (Å²) in [6.45, 7) is 4.95. The Morgan fingerprint density at radius 2 is 2.04 bits per heavy atom. The third-order valence-electron chi connectivity index (χ3n) is 4.46. The molecule has 0 saturated heterocycles. The summed E-state index contributed by atoms with van der Waals surface area (Å²) in [4.78, 5) is 0. The number of aryl methyl sites for hydroxylation is 1. The highest BCUT2D eigenvalue weighted by atomic mass is 35.5. The van der Waals surface area contributed by atoms with Crippen LogP contribution in [0.5, 0.6) is 5.75 Å². The van der Waals surface area contributed by atoms with Crippen LogP contribution in [-0.4, -0.2) is 29.9 Å². The van der Waals surface area contributed by atoms with E-state index >= 15 is 0 Å². The molecule has 23 heavy (non-hydrogen) atoms. The van der Waals surface area contributed by atoms with Crippen LogP contribution >= 0.6 is 12.4 Å². The summed E-state index contributed by atoms with van der Waals surface area (Å²) in [5.41, 5.74) is 1.69. The number of nitrogens with zero attached hydrogens (tertiary/aromatic N) is 1. The van der Waals surface area contributed by atoms with Gasteiger partial charge in [0.05, 0.1) is 11.6 Å². The molecule has 5 heteroatoms. The number of hydrogen-bond donors (Lipinski definition) is 2. The minimum absolute atomic E-state index is 0. The third kappa shape index (κ3) is 6.02. The zero-order chi connectivity index (χ0) is 16.0. The van der Waals surface area contributed by atoms with E-state index in [4.69, 9.17) is 10.00 Å². The number of ether oxygens (including phenoxy) is 1. The van der Waals surface area contributed by atoms with E-state index in [0.717, 1.165) is 11.3 Å². The van der Waals surface area contributed by atoms with E-state index in [1.165, 1.54) is 32.1 Å². The van der Waals surface area contributed by atoms with Crippen molar-refractivity contribution in [2.45, 2.75) is 57.6 Å². The van der Waals surface area contributed by atoms with Gasteiger partial charge in [-0.2, -0.15) is 5.26 Å².